The first-order chi connectivity index (χ1) is 13.0. The Kier molecular flexibility index (Phi) is 5.23. The number of nitrogens with one attached hydrogen (secondary N) is 2. The molecule has 0 fully saturated rings. The maximum atomic E-state index is 12.5. The molecule has 3 rings (SSSR count). The standard InChI is InChI=1S/C18H14N4O4S/c1-11-10-12(6-7-15(11)22(25)26)16(23)20-14-5-3-2-4-13(14)17(24)21-18-19-8-9-27-18/h2-10H,1H3,(H,20,23)(H,19,21,24). The number of amides is 2. The van der Waals surface area contributed by atoms with E-state index in [9.17, 15) is 19.7 Å². The summed E-state index contributed by atoms with van der Waals surface area (Å²) in [6.45, 7) is 1.56. The van der Waals surface area contributed by atoms with E-state index in [0.717, 1.165) is 0 Å². The minimum Gasteiger partial charge on any atom is -0.321 e. The second kappa shape index (κ2) is 7.75. The molecule has 0 bridgehead atoms. The Labute approximate surface area is 158 Å². The Balaban J connectivity index is 1.81. The van der Waals surface area contributed by atoms with Crippen molar-refractivity contribution in [2.75, 3.05) is 10.6 Å². The molecular weight excluding hydrogens is 368 g/mol. The van der Waals surface area contributed by atoms with Crippen molar-refractivity contribution in [2.45, 2.75) is 6.92 Å². The molecule has 0 aliphatic heterocycles. The summed E-state index contributed by atoms with van der Waals surface area (Å²) in [4.78, 5) is 39.4. The Morgan fingerprint density at radius 2 is 1.89 bits per heavy atom. The first-order valence-electron chi connectivity index (χ1n) is 7.82. The zero-order chi connectivity index (χ0) is 19.4. The molecule has 0 saturated heterocycles. The van der Waals surface area contributed by atoms with Crippen LogP contribution in [0.2, 0.25) is 0 Å². The zero-order valence-electron chi connectivity index (χ0n) is 14.1. The van der Waals surface area contributed by atoms with Gasteiger partial charge in [0.2, 0.25) is 0 Å². The quantitative estimate of drug-likeness (QED) is 0.514. The number of carbonyl (C=O) groups excluding carboxylic acids is 2. The predicted molar refractivity (Wildman–Crippen MR) is 102 cm³/mol. The maximum Gasteiger partial charge on any atom is 0.272 e. The molecule has 2 N–H and O–H groups in total. The molecule has 0 saturated carbocycles. The van der Waals surface area contributed by atoms with Crippen LogP contribution in [0.3, 0.4) is 0 Å². The molecule has 0 unspecified atom stereocenters. The molecule has 3 aromatic rings. The number of carbonyl (C=O) groups is 2. The van der Waals surface area contributed by atoms with Crippen molar-refractivity contribution in [2.24, 2.45) is 0 Å². The number of nitrogens with zero attached hydrogens (tertiary/aromatic N) is 2. The lowest BCUT2D eigenvalue weighted by molar-refractivity contribution is -0.385. The van der Waals surface area contributed by atoms with Crippen molar-refractivity contribution in [1.29, 1.82) is 0 Å². The number of hydrogen-bond donors (Lipinski definition) is 2. The molecular formula is C18H14N4O4S. The lowest BCUT2D eigenvalue weighted by atomic mass is 10.1. The van der Waals surface area contributed by atoms with Gasteiger partial charge in [-0.15, -0.1) is 11.3 Å². The number of anilines is 2. The summed E-state index contributed by atoms with van der Waals surface area (Å²) >= 11 is 1.28. The van der Waals surface area contributed by atoms with E-state index in [0.29, 0.717) is 16.4 Å². The van der Waals surface area contributed by atoms with Gasteiger partial charge in [-0.1, -0.05) is 12.1 Å². The van der Waals surface area contributed by atoms with Gasteiger partial charge >= 0.3 is 0 Å². The second-order valence-corrected chi connectivity index (χ2v) is 6.44. The number of para-hydroxylation sites is 1. The van der Waals surface area contributed by atoms with Crippen molar-refractivity contribution in [1.82, 2.24) is 4.98 Å². The Bertz CT molecular complexity index is 1020. The van der Waals surface area contributed by atoms with Gasteiger partial charge in [-0.25, -0.2) is 4.98 Å². The van der Waals surface area contributed by atoms with Crippen LogP contribution in [0.5, 0.6) is 0 Å². The van der Waals surface area contributed by atoms with Crippen LogP contribution in [0.1, 0.15) is 26.3 Å². The summed E-state index contributed by atoms with van der Waals surface area (Å²) in [5, 5.41) is 18.4. The van der Waals surface area contributed by atoms with Gasteiger partial charge in [-0.3, -0.25) is 25.0 Å². The first kappa shape index (κ1) is 18.2. The molecule has 8 nitrogen and oxygen atoms in total. The van der Waals surface area contributed by atoms with Crippen LogP contribution in [0.25, 0.3) is 0 Å². The molecule has 0 radical (unpaired) electrons. The van der Waals surface area contributed by atoms with Crippen LogP contribution < -0.4 is 10.6 Å². The highest BCUT2D eigenvalue weighted by Gasteiger charge is 2.17. The van der Waals surface area contributed by atoms with Gasteiger partial charge in [0.15, 0.2) is 5.13 Å². The fourth-order valence-corrected chi connectivity index (χ4v) is 2.96. The number of aryl methyl sites for hydroxylation is 1. The number of aromatic nitrogens is 1. The van der Waals surface area contributed by atoms with E-state index in [1.54, 1.807) is 42.8 Å². The minimum atomic E-state index is -0.505. The minimum absolute atomic E-state index is 0.0604. The van der Waals surface area contributed by atoms with Gasteiger partial charge in [0, 0.05) is 28.8 Å². The number of nitro groups is 1. The van der Waals surface area contributed by atoms with E-state index >= 15 is 0 Å². The van der Waals surface area contributed by atoms with Crippen LogP contribution in [0, 0.1) is 17.0 Å². The van der Waals surface area contributed by atoms with Crippen LogP contribution in [0.4, 0.5) is 16.5 Å². The summed E-state index contributed by atoms with van der Waals surface area (Å²) in [7, 11) is 0. The second-order valence-electron chi connectivity index (χ2n) is 5.55. The summed E-state index contributed by atoms with van der Waals surface area (Å²) < 4.78 is 0. The maximum absolute atomic E-state index is 12.5. The summed E-state index contributed by atoms with van der Waals surface area (Å²) in [5.41, 5.74) is 1.18. The summed E-state index contributed by atoms with van der Waals surface area (Å²) in [6, 6.07) is 10.7. The van der Waals surface area contributed by atoms with Gasteiger partial charge < -0.3 is 5.32 Å². The normalized spacial score (nSPS) is 10.3. The van der Waals surface area contributed by atoms with Crippen LogP contribution in [-0.2, 0) is 0 Å². The Hall–Kier alpha value is -3.59. The van der Waals surface area contributed by atoms with Crippen molar-refractivity contribution >= 4 is 39.7 Å². The predicted octanol–water partition coefficient (Wildman–Crippen LogP) is 3.86. The van der Waals surface area contributed by atoms with E-state index in [-0.39, 0.29) is 16.8 Å². The van der Waals surface area contributed by atoms with Crippen LogP contribution >= 0.6 is 11.3 Å². The summed E-state index contributed by atoms with van der Waals surface area (Å²) in [6.07, 6.45) is 1.57. The molecule has 0 aliphatic carbocycles. The third kappa shape index (κ3) is 4.15. The van der Waals surface area contributed by atoms with Gasteiger partial charge in [-0.2, -0.15) is 0 Å². The fourth-order valence-electron chi connectivity index (χ4n) is 2.44. The average molecular weight is 382 g/mol. The fraction of sp³-hybridized carbons (Fsp3) is 0.0556. The highest BCUT2D eigenvalue weighted by Crippen LogP contribution is 2.22. The van der Waals surface area contributed by atoms with Crippen molar-refractivity contribution in [3.63, 3.8) is 0 Å². The van der Waals surface area contributed by atoms with Crippen molar-refractivity contribution in [3.8, 4) is 0 Å². The molecule has 136 valence electrons. The molecule has 0 aliphatic rings. The van der Waals surface area contributed by atoms with Gasteiger partial charge in [0.25, 0.3) is 17.5 Å². The molecule has 2 aromatic carbocycles. The smallest absolute Gasteiger partial charge is 0.272 e. The molecule has 0 atom stereocenters. The number of benzene rings is 2. The van der Waals surface area contributed by atoms with Crippen LogP contribution in [0.15, 0.2) is 54.0 Å². The van der Waals surface area contributed by atoms with E-state index in [1.165, 1.54) is 29.5 Å². The highest BCUT2D eigenvalue weighted by atomic mass is 32.1. The lowest BCUT2D eigenvalue weighted by Gasteiger charge is -2.11. The zero-order valence-corrected chi connectivity index (χ0v) is 14.9. The van der Waals surface area contributed by atoms with Gasteiger partial charge in [0.05, 0.1) is 16.2 Å². The topological polar surface area (TPSA) is 114 Å². The largest absolute Gasteiger partial charge is 0.321 e. The summed E-state index contributed by atoms with van der Waals surface area (Å²) in [5.74, 6) is -0.872. The van der Waals surface area contributed by atoms with E-state index in [2.05, 4.69) is 15.6 Å². The van der Waals surface area contributed by atoms with E-state index in [4.69, 9.17) is 0 Å². The highest BCUT2D eigenvalue weighted by molar-refractivity contribution is 7.13. The monoisotopic (exact) mass is 382 g/mol. The molecule has 0 spiro atoms. The van der Waals surface area contributed by atoms with Gasteiger partial charge in [-0.05, 0) is 31.2 Å². The molecule has 9 heteroatoms. The Morgan fingerprint density at radius 3 is 2.56 bits per heavy atom. The van der Waals surface area contributed by atoms with Gasteiger partial charge in [0.1, 0.15) is 0 Å². The molecule has 27 heavy (non-hydrogen) atoms. The molecule has 1 aromatic heterocycles. The number of thiazole rings is 1. The van der Waals surface area contributed by atoms with Crippen molar-refractivity contribution in [3.05, 3.63) is 80.8 Å². The third-order valence-corrected chi connectivity index (χ3v) is 4.42. The Morgan fingerprint density at radius 1 is 1.11 bits per heavy atom. The van der Waals surface area contributed by atoms with E-state index in [1.807, 2.05) is 0 Å². The van der Waals surface area contributed by atoms with Crippen LogP contribution in [-0.4, -0.2) is 21.7 Å². The average Bonchev–Trinajstić information content (AvgIpc) is 3.14. The van der Waals surface area contributed by atoms with E-state index < -0.39 is 16.7 Å². The first-order valence-corrected chi connectivity index (χ1v) is 8.70. The third-order valence-electron chi connectivity index (χ3n) is 3.73. The van der Waals surface area contributed by atoms with Crippen molar-refractivity contribution < 1.29 is 14.5 Å². The lowest BCUT2D eigenvalue weighted by Crippen LogP contribution is -2.18. The molecule has 2 amide bonds. The number of rotatable bonds is 5. The number of nitro benzene ring substituents is 1. The number of hydrogen-bond acceptors (Lipinski definition) is 6. The molecule has 1 heterocycles. The SMILES string of the molecule is Cc1cc(C(=O)Nc2ccccc2C(=O)Nc2nccs2)ccc1[N+](=O)[O-].